The molecule has 0 aliphatic carbocycles. The lowest BCUT2D eigenvalue weighted by atomic mass is 9.81. The number of piperidine rings is 1. The summed E-state index contributed by atoms with van der Waals surface area (Å²) in [6.07, 6.45) is 3.12. The van der Waals surface area contributed by atoms with Crippen molar-refractivity contribution in [1.29, 1.82) is 0 Å². The van der Waals surface area contributed by atoms with E-state index >= 15 is 0 Å². The van der Waals surface area contributed by atoms with Crippen LogP contribution < -0.4 is 14.2 Å². The number of hydrogen-bond donors (Lipinski definition) is 0. The van der Waals surface area contributed by atoms with Crippen molar-refractivity contribution in [3.63, 3.8) is 0 Å². The third kappa shape index (κ3) is 4.71. The first-order chi connectivity index (χ1) is 15.8. The Morgan fingerprint density at radius 1 is 1.21 bits per heavy atom. The summed E-state index contributed by atoms with van der Waals surface area (Å²) in [5.41, 5.74) is 1.66. The minimum absolute atomic E-state index is 0.0508. The molecule has 2 aromatic rings. The average Bonchev–Trinajstić information content (AvgIpc) is 2.80. The number of aryl methyl sites for hydroxylation is 1. The molecule has 1 amide bonds. The van der Waals surface area contributed by atoms with Gasteiger partial charge in [-0.15, -0.1) is 0 Å². The van der Waals surface area contributed by atoms with Crippen molar-refractivity contribution < 1.29 is 23.8 Å². The van der Waals surface area contributed by atoms with Crippen LogP contribution in [0.3, 0.4) is 0 Å². The highest BCUT2D eigenvalue weighted by Gasteiger charge is 2.44. The summed E-state index contributed by atoms with van der Waals surface area (Å²) in [6.45, 7) is 8.69. The van der Waals surface area contributed by atoms with Crippen LogP contribution in [0.25, 0.3) is 0 Å². The third-order valence-corrected chi connectivity index (χ3v) is 6.90. The van der Waals surface area contributed by atoms with Crippen LogP contribution in [0.5, 0.6) is 17.2 Å². The largest absolute Gasteiger partial charge is 0.486 e. The predicted octanol–water partition coefficient (Wildman–Crippen LogP) is 4.93. The lowest BCUT2D eigenvalue weighted by molar-refractivity contribution is -0.136. The lowest BCUT2D eigenvalue weighted by Crippen LogP contribution is -2.53. The summed E-state index contributed by atoms with van der Waals surface area (Å²) < 4.78 is 17.7. The van der Waals surface area contributed by atoms with Gasteiger partial charge in [-0.05, 0) is 43.2 Å². The van der Waals surface area contributed by atoms with Crippen LogP contribution in [-0.4, -0.2) is 48.5 Å². The number of likely N-dealkylation sites (tertiary alicyclic amines) is 1. The zero-order chi connectivity index (χ0) is 23.6. The van der Waals surface area contributed by atoms with Crippen molar-refractivity contribution in [2.24, 2.45) is 0 Å². The SMILES string of the molecule is C=CCOc1ccccc1OCC(=O)N1CCC2(CC1)CC(=O)c1c(cc(C)c(Cl)c1C)O2. The molecule has 2 heterocycles. The van der Waals surface area contributed by atoms with Gasteiger partial charge < -0.3 is 19.1 Å². The summed E-state index contributed by atoms with van der Waals surface area (Å²) in [6, 6.07) is 9.08. The molecule has 174 valence electrons. The van der Waals surface area contributed by atoms with Crippen molar-refractivity contribution in [1.82, 2.24) is 4.90 Å². The van der Waals surface area contributed by atoms with Crippen LogP contribution >= 0.6 is 11.6 Å². The number of para-hydroxylation sites is 2. The number of rotatable bonds is 6. The molecule has 4 rings (SSSR count). The molecule has 0 aromatic heterocycles. The first kappa shape index (κ1) is 23.2. The summed E-state index contributed by atoms with van der Waals surface area (Å²) >= 11 is 6.34. The predicted molar refractivity (Wildman–Crippen MR) is 127 cm³/mol. The molecule has 2 aliphatic rings. The van der Waals surface area contributed by atoms with E-state index in [-0.39, 0.29) is 18.3 Å². The minimum Gasteiger partial charge on any atom is -0.486 e. The quantitative estimate of drug-likeness (QED) is 0.561. The van der Waals surface area contributed by atoms with E-state index in [1.807, 2.05) is 32.0 Å². The Bertz CT molecular complexity index is 1090. The molecule has 1 spiro atoms. The first-order valence-corrected chi connectivity index (χ1v) is 11.5. The Balaban J connectivity index is 1.38. The Labute approximate surface area is 199 Å². The Morgan fingerprint density at radius 2 is 1.88 bits per heavy atom. The van der Waals surface area contributed by atoms with Gasteiger partial charge in [-0.3, -0.25) is 9.59 Å². The molecule has 2 aromatic carbocycles. The number of amides is 1. The maximum Gasteiger partial charge on any atom is 0.260 e. The molecule has 0 atom stereocenters. The number of ketones is 1. The molecule has 0 radical (unpaired) electrons. The van der Waals surface area contributed by atoms with Crippen LogP contribution in [-0.2, 0) is 4.79 Å². The number of Topliss-reactive ketones (excluding diaryl/α,β-unsaturated/α-hetero) is 1. The van der Waals surface area contributed by atoms with Crippen LogP contribution in [0.4, 0.5) is 0 Å². The van der Waals surface area contributed by atoms with Gasteiger partial charge in [0, 0.05) is 31.0 Å². The van der Waals surface area contributed by atoms with Crippen molar-refractivity contribution in [3.05, 3.63) is 64.7 Å². The number of hydrogen-bond acceptors (Lipinski definition) is 5. The van der Waals surface area contributed by atoms with Crippen molar-refractivity contribution in [2.75, 3.05) is 26.3 Å². The van der Waals surface area contributed by atoms with E-state index in [1.54, 1.807) is 23.1 Å². The normalized spacial score (nSPS) is 16.7. The van der Waals surface area contributed by atoms with Gasteiger partial charge in [0.1, 0.15) is 18.0 Å². The maximum atomic E-state index is 13.0. The first-order valence-electron chi connectivity index (χ1n) is 11.1. The molecule has 0 saturated carbocycles. The molecule has 1 fully saturated rings. The molecule has 33 heavy (non-hydrogen) atoms. The third-order valence-electron chi connectivity index (χ3n) is 6.32. The fourth-order valence-electron chi connectivity index (χ4n) is 4.51. The summed E-state index contributed by atoms with van der Waals surface area (Å²) in [5, 5.41) is 0.610. The molecule has 0 unspecified atom stereocenters. The van der Waals surface area contributed by atoms with E-state index in [2.05, 4.69) is 6.58 Å². The van der Waals surface area contributed by atoms with Crippen LogP contribution in [0.2, 0.25) is 5.02 Å². The molecular weight excluding hydrogens is 442 g/mol. The second-order valence-electron chi connectivity index (χ2n) is 8.61. The van der Waals surface area contributed by atoms with E-state index in [4.69, 9.17) is 25.8 Å². The molecule has 0 N–H and O–H groups in total. The van der Waals surface area contributed by atoms with Crippen molar-refractivity contribution in [3.8, 4) is 17.2 Å². The number of nitrogens with zero attached hydrogens (tertiary/aromatic N) is 1. The fourth-order valence-corrected chi connectivity index (χ4v) is 4.66. The minimum atomic E-state index is -0.584. The van der Waals surface area contributed by atoms with Gasteiger partial charge >= 0.3 is 0 Å². The van der Waals surface area contributed by atoms with E-state index in [9.17, 15) is 9.59 Å². The Kier molecular flexibility index (Phi) is 6.66. The lowest BCUT2D eigenvalue weighted by Gasteiger charge is -2.44. The second kappa shape index (κ2) is 9.48. The van der Waals surface area contributed by atoms with Gasteiger partial charge in [0.05, 0.1) is 12.0 Å². The second-order valence-corrected chi connectivity index (χ2v) is 8.98. The molecule has 6 nitrogen and oxygen atoms in total. The number of carbonyl (C=O) groups excluding carboxylic acids is 2. The van der Waals surface area contributed by atoms with Gasteiger partial charge in [-0.1, -0.05) is 36.4 Å². The maximum absolute atomic E-state index is 13.0. The highest BCUT2D eigenvalue weighted by atomic mass is 35.5. The summed E-state index contributed by atoms with van der Waals surface area (Å²) in [4.78, 5) is 27.5. The van der Waals surface area contributed by atoms with Gasteiger partial charge in [0.25, 0.3) is 5.91 Å². The Hall–Kier alpha value is -2.99. The van der Waals surface area contributed by atoms with E-state index in [1.165, 1.54) is 0 Å². The highest BCUT2D eigenvalue weighted by molar-refractivity contribution is 6.32. The van der Waals surface area contributed by atoms with Crippen LogP contribution in [0.1, 0.15) is 40.7 Å². The molecule has 2 aliphatic heterocycles. The summed E-state index contributed by atoms with van der Waals surface area (Å²) in [7, 11) is 0. The zero-order valence-corrected chi connectivity index (χ0v) is 19.7. The van der Waals surface area contributed by atoms with Crippen LogP contribution in [0, 0.1) is 13.8 Å². The number of fused-ring (bicyclic) bond motifs is 1. The number of benzene rings is 2. The average molecular weight is 470 g/mol. The van der Waals surface area contributed by atoms with Gasteiger partial charge in [-0.25, -0.2) is 0 Å². The smallest absolute Gasteiger partial charge is 0.260 e. The number of ether oxygens (including phenoxy) is 3. The van der Waals surface area contributed by atoms with E-state index < -0.39 is 5.60 Å². The Morgan fingerprint density at radius 3 is 2.55 bits per heavy atom. The van der Waals surface area contributed by atoms with Crippen molar-refractivity contribution >= 4 is 23.3 Å². The van der Waals surface area contributed by atoms with Gasteiger partial charge in [0.2, 0.25) is 0 Å². The number of halogens is 1. The molecule has 1 saturated heterocycles. The van der Waals surface area contributed by atoms with Crippen LogP contribution in [0.15, 0.2) is 43.0 Å². The van der Waals surface area contributed by atoms with Gasteiger partial charge in [-0.2, -0.15) is 0 Å². The van der Waals surface area contributed by atoms with Gasteiger partial charge in [0.15, 0.2) is 23.9 Å². The standard InChI is InChI=1S/C26H28ClNO5/c1-4-13-31-20-7-5-6-8-21(20)32-16-23(30)28-11-9-26(10-12-28)15-19(29)24-18(3)25(27)17(2)14-22(24)33-26/h4-8,14H,1,9-13,15-16H2,2-3H3. The zero-order valence-electron chi connectivity index (χ0n) is 19.0. The molecule has 7 heteroatoms. The van der Waals surface area contributed by atoms with E-state index in [0.717, 1.165) is 11.1 Å². The van der Waals surface area contributed by atoms with Crippen molar-refractivity contribution in [2.45, 2.75) is 38.7 Å². The monoisotopic (exact) mass is 469 g/mol. The molecule has 0 bridgehead atoms. The number of carbonyl (C=O) groups is 2. The summed E-state index contributed by atoms with van der Waals surface area (Å²) in [5.74, 6) is 1.63. The molecular formula is C26H28ClNO5. The highest BCUT2D eigenvalue weighted by Crippen LogP contribution is 2.43. The fraction of sp³-hybridized carbons (Fsp3) is 0.385. The topological polar surface area (TPSA) is 65.1 Å². The van der Waals surface area contributed by atoms with E-state index in [0.29, 0.717) is 66.8 Å².